The Labute approximate surface area is 86.4 Å². The lowest BCUT2D eigenvalue weighted by Crippen LogP contribution is -2.01. The maximum absolute atomic E-state index is 9.72. The first-order valence-electron chi connectivity index (χ1n) is 4.54. The Kier molecular flexibility index (Phi) is 2.96. The maximum atomic E-state index is 9.72. The lowest BCUT2D eigenvalue weighted by Gasteiger charge is -2.05. The van der Waals surface area contributed by atoms with Crippen molar-refractivity contribution in [2.75, 3.05) is 0 Å². The fourth-order valence-electron chi connectivity index (χ4n) is 1.33. The van der Waals surface area contributed by atoms with Crippen LogP contribution in [0.1, 0.15) is 23.9 Å². The zero-order chi connectivity index (χ0) is 9.80. The monoisotopic (exact) mass is 208 g/mol. The summed E-state index contributed by atoms with van der Waals surface area (Å²) in [6.07, 6.45) is 4.51. The zero-order valence-electron chi connectivity index (χ0n) is 7.68. The zero-order valence-corrected chi connectivity index (χ0v) is 8.50. The van der Waals surface area contributed by atoms with Crippen molar-refractivity contribution in [1.29, 1.82) is 0 Å². The van der Waals surface area contributed by atoms with E-state index in [-0.39, 0.29) is 0 Å². The summed E-state index contributed by atoms with van der Waals surface area (Å²) in [7, 11) is 0. The molecule has 0 aliphatic heterocycles. The van der Waals surface area contributed by atoms with Gasteiger partial charge in [-0.25, -0.2) is 4.98 Å². The summed E-state index contributed by atoms with van der Waals surface area (Å²) in [5.74, 6) is 0.653. The summed E-state index contributed by atoms with van der Waals surface area (Å²) in [6, 6.07) is 2.08. The van der Waals surface area contributed by atoms with E-state index < -0.39 is 6.10 Å². The molecule has 2 aromatic rings. The Bertz CT molecular complexity index is 355. The number of aromatic amines is 1. The molecule has 1 atom stereocenters. The Morgan fingerprint density at radius 2 is 2.50 bits per heavy atom. The van der Waals surface area contributed by atoms with Crippen molar-refractivity contribution in [1.82, 2.24) is 9.97 Å². The summed E-state index contributed by atoms with van der Waals surface area (Å²) in [5.41, 5.74) is 1.28. The van der Waals surface area contributed by atoms with E-state index in [9.17, 15) is 5.11 Å². The molecule has 14 heavy (non-hydrogen) atoms. The van der Waals surface area contributed by atoms with E-state index in [0.29, 0.717) is 12.2 Å². The van der Waals surface area contributed by atoms with Gasteiger partial charge in [0.05, 0.1) is 0 Å². The van der Waals surface area contributed by atoms with Crippen LogP contribution in [0.5, 0.6) is 0 Å². The van der Waals surface area contributed by atoms with Gasteiger partial charge >= 0.3 is 0 Å². The molecule has 2 rings (SSSR count). The van der Waals surface area contributed by atoms with Gasteiger partial charge in [0.2, 0.25) is 0 Å². The van der Waals surface area contributed by atoms with Crippen molar-refractivity contribution in [3.63, 3.8) is 0 Å². The number of aliphatic hydroxyl groups is 1. The number of nitrogens with one attached hydrogen (secondary N) is 1. The highest BCUT2D eigenvalue weighted by molar-refractivity contribution is 7.07. The lowest BCUT2D eigenvalue weighted by atomic mass is 10.1. The molecule has 0 aromatic carbocycles. The molecule has 2 heterocycles. The number of aryl methyl sites for hydroxylation is 1. The number of rotatable bonds is 4. The average Bonchev–Trinajstić information content (AvgIpc) is 2.87. The van der Waals surface area contributed by atoms with E-state index in [4.69, 9.17) is 0 Å². The van der Waals surface area contributed by atoms with Crippen LogP contribution in [0.2, 0.25) is 0 Å². The fourth-order valence-corrected chi connectivity index (χ4v) is 2.04. The Balaban J connectivity index is 1.87. The second kappa shape index (κ2) is 4.39. The predicted octanol–water partition coefficient (Wildman–Crippen LogP) is 2.14. The van der Waals surface area contributed by atoms with Crippen LogP contribution >= 0.6 is 11.3 Å². The third-order valence-corrected chi connectivity index (χ3v) is 2.85. The number of imidazole rings is 1. The van der Waals surface area contributed by atoms with E-state index in [2.05, 4.69) is 26.8 Å². The Hall–Kier alpha value is -1.13. The van der Waals surface area contributed by atoms with E-state index in [1.807, 2.05) is 0 Å². The molecule has 3 nitrogen and oxygen atoms in total. The van der Waals surface area contributed by atoms with Crippen LogP contribution in [-0.2, 0) is 6.42 Å². The number of nitrogens with zero attached hydrogens (tertiary/aromatic N) is 1. The number of thiophene rings is 1. The van der Waals surface area contributed by atoms with Crippen LogP contribution < -0.4 is 0 Å². The molecule has 0 fully saturated rings. The predicted molar refractivity (Wildman–Crippen MR) is 56.2 cm³/mol. The topological polar surface area (TPSA) is 48.9 Å². The number of hydrogen-bond donors (Lipinski definition) is 2. The normalized spacial score (nSPS) is 12.9. The van der Waals surface area contributed by atoms with Crippen molar-refractivity contribution in [2.24, 2.45) is 0 Å². The maximum Gasteiger partial charge on any atom is 0.135 e. The minimum absolute atomic E-state index is 0.482. The Morgan fingerprint density at radius 3 is 3.14 bits per heavy atom. The second-order valence-electron chi connectivity index (χ2n) is 3.16. The molecule has 0 radical (unpaired) electrons. The highest BCUT2D eigenvalue weighted by Crippen LogP contribution is 2.16. The van der Waals surface area contributed by atoms with Crippen LogP contribution in [0.3, 0.4) is 0 Å². The minimum Gasteiger partial charge on any atom is -0.385 e. The third-order valence-electron chi connectivity index (χ3n) is 2.12. The van der Waals surface area contributed by atoms with E-state index in [1.165, 1.54) is 5.56 Å². The van der Waals surface area contributed by atoms with Gasteiger partial charge in [0.1, 0.15) is 11.9 Å². The van der Waals surface area contributed by atoms with E-state index in [0.717, 1.165) is 6.42 Å². The molecule has 0 aliphatic rings. The molecule has 0 amide bonds. The van der Waals surface area contributed by atoms with Crippen molar-refractivity contribution in [3.8, 4) is 0 Å². The number of H-pyrrole nitrogens is 1. The Morgan fingerprint density at radius 1 is 1.57 bits per heavy atom. The van der Waals surface area contributed by atoms with Gasteiger partial charge in [-0.1, -0.05) is 0 Å². The van der Waals surface area contributed by atoms with Gasteiger partial charge < -0.3 is 10.1 Å². The number of aliphatic hydroxyl groups excluding tert-OH is 1. The second-order valence-corrected chi connectivity index (χ2v) is 3.94. The summed E-state index contributed by atoms with van der Waals surface area (Å²) in [4.78, 5) is 6.92. The van der Waals surface area contributed by atoms with E-state index in [1.54, 1.807) is 23.7 Å². The van der Waals surface area contributed by atoms with Gasteiger partial charge in [0.25, 0.3) is 0 Å². The van der Waals surface area contributed by atoms with Gasteiger partial charge in [-0.2, -0.15) is 11.3 Å². The van der Waals surface area contributed by atoms with Crippen molar-refractivity contribution in [3.05, 3.63) is 40.6 Å². The molecule has 2 aromatic heterocycles. The SMILES string of the molecule is OC(CCc1ccsc1)c1ncc[nH]1. The van der Waals surface area contributed by atoms with Gasteiger partial charge in [-0.05, 0) is 35.2 Å². The summed E-state index contributed by atoms with van der Waals surface area (Å²) < 4.78 is 0. The summed E-state index contributed by atoms with van der Waals surface area (Å²) in [5, 5.41) is 13.9. The standard InChI is InChI=1S/C10H12N2OS/c13-9(10-11-4-5-12-10)2-1-8-3-6-14-7-8/h3-7,9,13H,1-2H2,(H,11,12). The van der Waals surface area contributed by atoms with Crippen molar-refractivity contribution < 1.29 is 5.11 Å². The van der Waals surface area contributed by atoms with Crippen molar-refractivity contribution >= 4 is 11.3 Å². The van der Waals surface area contributed by atoms with Crippen LogP contribution in [-0.4, -0.2) is 15.1 Å². The van der Waals surface area contributed by atoms with Gasteiger partial charge in [-0.3, -0.25) is 0 Å². The molecule has 74 valence electrons. The van der Waals surface area contributed by atoms with Crippen LogP contribution in [0.25, 0.3) is 0 Å². The van der Waals surface area contributed by atoms with Crippen LogP contribution in [0.15, 0.2) is 29.2 Å². The van der Waals surface area contributed by atoms with Crippen molar-refractivity contribution in [2.45, 2.75) is 18.9 Å². The minimum atomic E-state index is -0.482. The average molecular weight is 208 g/mol. The van der Waals surface area contributed by atoms with Gasteiger partial charge in [-0.15, -0.1) is 0 Å². The first kappa shape index (κ1) is 9.43. The fraction of sp³-hybridized carbons (Fsp3) is 0.300. The van der Waals surface area contributed by atoms with Gasteiger partial charge in [0, 0.05) is 12.4 Å². The molecular weight excluding hydrogens is 196 g/mol. The molecule has 1 unspecified atom stereocenters. The first-order chi connectivity index (χ1) is 6.86. The summed E-state index contributed by atoms with van der Waals surface area (Å²) >= 11 is 1.68. The van der Waals surface area contributed by atoms with E-state index >= 15 is 0 Å². The van der Waals surface area contributed by atoms with Gasteiger partial charge in [0.15, 0.2) is 0 Å². The highest BCUT2D eigenvalue weighted by Gasteiger charge is 2.09. The quantitative estimate of drug-likeness (QED) is 0.808. The molecule has 0 saturated heterocycles. The smallest absolute Gasteiger partial charge is 0.135 e. The first-order valence-corrected chi connectivity index (χ1v) is 5.49. The van der Waals surface area contributed by atoms with Crippen LogP contribution in [0.4, 0.5) is 0 Å². The summed E-state index contributed by atoms with van der Waals surface area (Å²) in [6.45, 7) is 0. The largest absolute Gasteiger partial charge is 0.385 e. The molecule has 0 saturated carbocycles. The molecule has 4 heteroatoms. The molecule has 2 N–H and O–H groups in total. The molecule has 0 bridgehead atoms. The highest BCUT2D eigenvalue weighted by atomic mass is 32.1. The molecular formula is C10H12N2OS. The third kappa shape index (κ3) is 2.21. The number of aromatic nitrogens is 2. The van der Waals surface area contributed by atoms with Crippen LogP contribution in [0, 0.1) is 0 Å². The molecule has 0 aliphatic carbocycles. The molecule has 0 spiro atoms. The lowest BCUT2D eigenvalue weighted by molar-refractivity contribution is 0.159. The number of hydrogen-bond acceptors (Lipinski definition) is 3.